The Kier molecular flexibility index (Phi) is 6.53. The fourth-order valence-corrected chi connectivity index (χ4v) is 3.27. The fraction of sp³-hybridized carbons (Fsp3) is 0.364. The number of nitrogens with one attached hydrogen (secondary N) is 2. The van der Waals surface area contributed by atoms with E-state index < -0.39 is 0 Å². The molecule has 1 aliphatic heterocycles. The molecule has 0 radical (unpaired) electrons. The lowest BCUT2D eigenvalue weighted by molar-refractivity contribution is 0.0708. The first-order valence-electron chi connectivity index (χ1n) is 9.58. The van der Waals surface area contributed by atoms with Crippen molar-refractivity contribution in [3.05, 3.63) is 65.2 Å². The molecule has 0 unspecified atom stereocenters. The van der Waals surface area contributed by atoms with Gasteiger partial charge in [-0.15, -0.1) is 0 Å². The minimum Gasteiger partial charge on any atom is -0.497 e. The molecule has 0 bridgehead atoms. The second-order valence-electron chi connectivity index (χ2n) is 7.11. The number of piperidine rings is 1. The van der Waals surface area contributed by atoms with E-state index in [4.69, 9.17) is 4.74 Å². The minimum absolute atomic E-state index is 0.0578. The van der Waals surface area contributed by atoms with Crippen molar-refractivity contribution in [2.24, 2.45) is 0 Å². The molecule has 1 heterocycles. The number of nitrogens with zero attached hydrogens (tertiary/aromatic N) is 1. The predicted octanol–water partition coefficient (Wildman–Crippen LogP) is 3.11. The zero-order valence-electron chi connectivity index (χ0n) is 16.4. The van der Waals surface area contributed by atoms with Gasteiger partial charge < -0.3 is 20.3 Å². The zero-order valence-corrected chi connectivity index (χ0v) is 16.4. The molecular formula is C22H27N3O3. The summed E-state index contributed by atoms with van der Waals surface area (Å²) in [6, 6.07) is 15.1. The number of carbonyl (C=O) groups excluding carboxylic acids is 2. The number of benzene rings is 2. The molecule has 1 aliphatic rings. The Hall–Kier alpha value is -3.02. The fourth-order valence-electron chi connectivity index (χ4n) is 3.27. The van der Waals surface area contributed by atoms with Gasteiger partial charge in [-0.1, -0.05) is 29.8 Å². The first-order chi connectivity index (χ1) is 13.5. The Labute approximate surface area is 165 Å². The van der Waals surface area contributed by atoms with Crippen LogP contribution in [0, 0.1) is 6.92 Å². The van der Waals surface area contributed by atoms with Crippen LogP contribution in [0.1, 0.15) is 34.3 Å². The van der Waals surface area contributed by atoms with Gasteiger partial charge in [-0.2, -0.15) is 0 Å². The number of hydrogen-bond acceptors (Lipinski definition) is 3. The van der Waals surface area contributed by atoms with Gasteiger partial charge in [0.15, 0.2) is 0 Å². The lowest BCUT2D eigenvalue weighted by atomic mass is 10.0. The molecule has 0 spiro atoms. The monoisotopic (exact) mass is 381 g/mol. The average molecular weight is 381 g/mol. The van der Waals surface area contributed by atoms with Crippen molar-refractivity contribution in [1.82, 2.24) is 15.5 Å². The van der Waals surface area contributed by atoms with Crippen molar-refractivity contribution in [1.29, 1.82) is 0 Å². The lowest BCUT2D eigenvalue weighted by Gasteiger charge is -2.32. The van der Waals surface area contributed by atoms with E-state index in [2.05, 4.69) is 10.6 Å². The van der Waals surface area contributed by atoms with Gasteiger partial charge in [-0.3, -0.25) is 4.79 Å². The lowest BCUT2D eigenvalue weighted by Crippen LogP contribution is -2.49. The van der Waals surface area contributed by atoms with E-state index in [1.807, 2.05) is 60.4 Å². The van der Waals surface area contributed by atoms with Crippen LogP contribution in [0.25, 0.3) is 0 Å². The predicted molar refractivity (Wildman–Crippen MR) is 108 cm³/mol. The standard InChI is InChI=1S/C22H27N3O3/c1-16-3-7-18(8-4-16)21(26)25-13-11-19(12-14-25)24-22(27)23-15-17-5-9-20(28-2)10-6-17/h3-10,19H,11-15H2,1-2H3,(H2,23,24,27). The molecule has 6 heteroatoms. The van der Waals surface area contributed by atoms with Gasteiger partial charge in [-0.05, 0) is 49.6 Å². The molecule has 1 saturated heterocycles. The first kappa shape index (κ1) is 19.7. The second kappa shape index (κ2) is 9.26. The number of urea groups is 1. The average Bonchev–Trinajstić information content (AvgIpc) is 2.73. The highest BCUT2D eigenvalue weighted by Gasteiger charge is 2.24. The minimum atomic E-state index is -0.181. The molecule has 2 aromatic carbocycles. The molecule has 28 heavy (non-hydrogen) atoms. The maximum absolute atomic E-state index is 12.6. The second-order valence-corrected chi connectivity index (χ2v) is 7.11. The summed E-state index contributed by atoms with van der Waals surface area (Å²) < 4.78 is 5.13. The summed E-state index contributed by atoms with van der Waals surface area (Å²) in [6.45, 7) is 3.76. The Morgan fingerprint density at radius 3 is 2.29 bits per heavy atom. The zero-order chi connectivity index (χ0) is 19.9. The summed E-state index contributed by atoms with van der Waals surface area (Å²) in [5.74, 6) is 0.850. The van der Waals surface area contributed by atoms with Crippen LogP contribution in [-0.2, 0) is 6.54 Å². The van der Waals surface area contributed by atoms with Crippen LogP contribution < -0.4 is 15.4 Å². The summed E-state index contributed by atoms with van der Waals surface area (Å²) in [4.78, 5) is 26.6. The Morgan fingerprint density at radius 2 is 1.68 bits per heavy atom. The van der Waals surface area contributed by atoms with Crippen LogP contribution in [0.15, 0.2) is 48.5 Å². The van der Waals surface area contributed by atoms with Crippen LogP contribution in [0.5, 0.6) is 5.75 Å². The molecule has 3 rings (SSSR count). The highest BCUT2D eigenvalue weighted by Crippen LogP contribution is 2.15. The number of rotatable bonds is 5. The largest absolute Gasteiger partial charge is 0.497 e. The van der Waals surface area contributed by atoms with E-state index >= 15 is 0 Å². The third-order valence-corrected chi connectivity index (χ3v) is 5.03. The van der Waals surface area contributed by atoms with Crippen LogP contribution in [-0.4, -0.2) is 43.1 Å². The molecule has 148 valence electrons. The molecule has 0 aromatic heterocycles. The van der Waals surface area contributed by atoms with Crippen LogP contribution >= 0.6 is 0 Å². The molecule has 2 aromatic rings. The maximum Gasteiger partial charge on any atom is 0.315 e. The van der Waals surface area contributed by atoms with Gasteiger partial charge in [0.1, 0.15) is 5.75 Å². The van der Waals surface area contributed by atoms with Gasteiger partial charge in [0, 0.05) is 31.2 Å². The Balaban J connectivity index is 1.41. The maximum atomic E-state index is 12.6. The molecule has 3 amide bonds. The summed E-state index contributed by atoms with van der Waals surface area (Å²) in [5, 5.41) is 5.88. The van der Waals surface area contributed by atoms with E-state index in [9.17, 15) is 9.59 Å². The van der Waals surface area contributed by atoms with E-state index in [0.29, 0.717) is 25.2 Å². The third-order valence-electron chi connectivity index (χ3n) is 5.03. The number of methoxy groups -OCH3 is 1. The summed E-state index contributed by atoms with van der Waals surface area (Å²) in [6.07, 6.45) is 1.51. The van der Waals surface area contributed by atoms with Crippen molar-refractivity contribution < 1.29 is 14.3 Å². The Bertz CT molecular complexity index is 795. The first-order valence-corrected chi connectivity index (χ1v) is 9.58. The number of likely N-dealkylation sites (tertiary alicyclic amines) is 1. The van der Waals surface area contributed by atoms with Gasteiger partial charge in [-0.25, -0.2) is 4.79 Å². The number of hydrogen-bond donors (Lipinski definition) is 2. The van der Waals surface area contributed by atoms with Crippen molar-refractivity contribution in [3.8, 4) is 5.75 Å². The molecule has 2 N–H and O–H groups in total. The molecule has 0 saturated carbocycles. The molecule has 1 fully saturated rings. The smallest absolute Gasteiger partial charge is 0.315 e. The third kappa shape index (κ3) is 5.25. The Morgan fingerprint density at radius 1 is 1.04 bits per heavy atom. The van der Waals surface area contributed by atoms with E-state index in [0.717, 1.165) is 29.7 Å². The quantitative estimate of drug-likeness (QED) is 0.836. The van der Waals surface area contributed by atoms with E-state index in [1.54, 1.807) is 7.11 Å². The summed E-state index contributed by atoms with van der Waals surface area (Å²) in [7, 11) is 1.63. The number of carbonyl (C=O) groups is 2. The normalized spacial score (nSPS) is 14.4. The number of aryl methyl sites for hydroxylation is 1. The number of ether oxygens (including phenoxy) is 1. The van der Waals surface area contributed by atoms with E-state index in [1.165, 1.54) is 0 Å². The van der Waals surface area contributed by atoms with Gasteiger partial charge in [0.2, 0.25) is 0 Å². The van der Waals surface area contributed by atoms with Crippen LogP contribution in [0.4, 0.5) is 4.79 Å². The van der Waals surface area contributed by atoms with Crippen molar-refractivity contribution in [2.45, 2.75) is 32.4 Å². The van der Waals surface area contributed by atoms with Crippen LogP contribution in [0.2, 0.25) is 0 Å². The summed E-state index contributed by atoms with van der Waals surface area (Å²) >= 11 is 0. The SMILES string of the molecule is COc1ccc(CNC(=O)NC2CCN(C(=O)c3ccc(C)cc3)CC2)cc1. The molecule has 6 nitrogen and oxygen atoms in total. The molecule has 0 aliphatic carbocycles. The van der Waals surface area contributed by atoms with E-state index in [-0.39, 0.29) is 18.0 Å². The van der Waals surface area contributed by atoms with Crippen molar-refractivity contribution in [3.63, 3.8) is 0 Å². The molecular weight excluding hydrogens is 354 g/mol. The van der Waals surface area contributed by atoms with Gasteiger partial charge >= 0.3 is 6.03 Å². The summed E-state index contributed by atoms with van der Waals surface area (Å²) in [5.41, 5.74) is 2.86. The molecule has 0 atom stereocenters. The van der Waals surface area contributed by atoms with Gasteiger partial charge in [0.05, 0.1) is 7.11 Å². The number of amides is 3. The van der Waals surface area contributed by atoms with Crippen molar-refractivity contribution in [2.75, 3.05) is 20.2 Å². The van der Waals surface area contributed by atoms with Crippen molar-refractivity contribution >= 4 is 11.9 Å². The van der Waals surface area contributed by atoms with Crippen LogP contribution in [0.3, 0.4) is 0 Å². The highest BCUT2D eigenvalue weighted by atomic mass is 16.5. The highest BCUT2D eigenvalue weighted by molar-refractivity contribution is 5.94. The topological polar surface area (TPSA) is 70.7 Å². The van der Waals surface area contributed by atoms with Gasteiger partial charge in [0.25, 0.3) is 5.91 Å².